The molecule has 0 saturated carbocycles. The summed E-state index contributed by atoms with van der Waals surface area (Å²) in [5.74, 6) is 0.535. The third-order valence-electron chi connectivity index (χ3n) is 3.16. The Bertz CT molecular complexity index is 458. The first kappa shape index (κ1) is 14.2. The first-order chi connectivity index (χ1) is 9.65. The average Bonchev–Trinajstić information content (AvgIpc) is 2.46. The molecular formula is C12H18N6O2. The van der Waals surface area contributed by atoms with E-state index in [1.54, 1.807) is 18.6 Å². The summed E-state index contributed by atoms with van der Waals surface area (Å²) < 4.78 is 0. The highest BCUT2D eigenvalue weighted by Crippen LogP contribution is 2.11. The molecule has 0 radical (unpaired) electrons. The number of primary amides is 1. The van der Waals surface area contributed by atoms with Crippen LogP contribution in [0.4, 0.5) is 10.6 Å². The molecule has 8 nitrogen and oxygen atoms in total. The molecule has 1 saturated heterocycles. The molecule has 0 aliphatic carbocycles. The number of anilines is 1. The van der Waals surface area contributed by atoms with Crippen LogP contribution in [0.15, 0.2) is 18.6 Å². The Labute approximate surface area is 117 Å². The number of nitrogens with zero attached hydrogens (tertiary/aromatic N) is 4. The summed E-state index contributed by atoms with van der Waals surface area (Å²) in [4.78, 5) is 34.5. The average molecular weight is 278 g/mol. The van der Waals surface area contributed by atoms with Crippen LogP contribution in [-0.4, -0.2) is 59.5 Å². The summed E-state index contributed by atoms with van der Waals surface area (Å²) in [6.45, 7) is 4.00. The van der Waals surface area contributed by atoms with Gasteiger partial charge in [-0.15, -0.1) is 0 Å². The number of amides is 3. The van der Waals surface area contributed by atoms with Crippen molar-refractivity contribution < 1.29 is 9.59 Å². The van der Waals surface area contributed by atoms with Gasteiger partial charge in [0.15, 0.2) is 0 Å². The maximum Gasteiger partial charge on any atom is 0.318 e. The van der Waals surface area contributed by atoms with Gasteiger partial charge in [-0.25, -0.2) is 9.78 Å². The molecule has 1 aliphatic rings. The van der Waals surface area contributed by atoms with Crippen LogP contribution in [0.2, 0.25) is 0 Å². The molecule has 1 aromatic rings. The molecule has 2 rings (SSSR count). The first-order valence-electron chi connectivity index (χ1n) is 6.48. The molecular weight excluding hydrogens is 260 g/mol. The van der Waals surface area contributed by atoms with Crippen molar-refractivity contribution in [2.45, 2.75) is 6.42 Å². The van der Waals surface area contributed by atoms with Gasteiger partial charge >= 0.3 is 6.03 Å². The molecule has 0 unspecified atom stereocenters. The van der Waals surface area contributed by atoms with Crippen LogP contribution in [-0.2, 0) is 4.79 Å². The molecule has 1 aromatic heterocycles. The van der Waals surface area contributed by atoms with E-state index in [-0.39, 0.29) is 12.3 Å². The number of carbonyl (C=O) groups excluding carboxylic acids is 2. The predicted octanol–water partition coefficient (Wildman–Crippen LogP) is -0.816. The summed E-state index contributed by atoms with van der Waals surface area (Å²) in [7, 11) is 0. The van der Waals surface area contributed by atoms with Crippen LogP contribution in [0.25, 0.3) is 0 Å². The number of rotatable bonds is 4. The summed E-state index contributed by atoms with van der Waals surface area (Å²) in [6.07, 6.45) is 5.34. The summed E-state index contributed by atoms with van der Waals surface area (Å²) in [6, 6.07) is -0.803. The lowest BCUT2D eigenvalue weighted by Gasteiger charge is -2.35. The molecule has 8 heteroatoms. The Morgan fingerprint density at radius 2 is 2.00 bits per heavy atom. The maximum absolute atomic E-state index is 11.3. The van der Waals surface area contributed by atoms with Gasteiger partial charge < -0.3 is 10.6 Å². The van der Waals surface area contributed by atoms with Crippen LogP contribution in [0.3, 0.4) is 0 Å². The lowest BCUT2D eigenvalue weighted by molar-refractivity contribution is -0.120. The standard InChI is InChI=1S/C12H18N6O2/c13-12(20)16-11(19)1-4-17-5-7-18(8-6-17)10-9-14-2-3-15-10/h2-3,9H,1,4-8H2,(H3,13,16,19,20). The van der Waals surface area contributed by atoms with Gasteiger partial charge in [-0.1, -0.05) is 0 Å². The van der Waals surface area contributed by atoms with Gasteiger partial charge in [0.05, 0.1) is 6.20 Å². The number of hydrogen-bond acceptors (Lipinski definition) is 6. The van der Waals surface area contributed by atoms with Crippen molar-refractivity contribution in [2.24, 2.45) is 5.73 Å². The second kappa shape index (κ2) is 6.80. The van der Waals surface area contributed by atoms with E-state index in [1.807, 2.05) is 0 Å². The maximum atomic E-state index is 11.3. The zero-order valence-electron chi connectivity index (χ0n) is 11.2. The SMILES string of the molecule is NC(=O)NC(=O)CCN1CCN(c2cnccn2)CC1. The minimum absolute atomic E-state index is 0.272. The third-order valence-corrected chi connectivity index (χ3v) is 3.16. The Hall–Kier alpha value is -2.22. The predicted molar refractivity (Wildman–Crippen MR) is 73.0 cm³/mol. The van der Waals surface area contributed by atoms with E-state index < -0.39 is 6.03 Å². The van der Waals surface area contributed by atoms with Crippen LogP contribution in [0.1, 0.15) is 6.42 Å². The quantitative estimate of drug-likeness (QED) is 0.746. The molecule has 2 heterocycles. The lowest BCUT2D eigenvalue weighted by atomic mass is 10.3. The summed E-state index contributed by atoms with van der Waals surface area (Å²) >= 11 is 0. The van der Waals surface area contributed by atoms with E-state index >= 15 is 0 Å². The highest BCUT2D eigenvalue weighted by atomic mass is 16.2. The number of aromatic nitrogens is 2. The topological polar surface area (TPSA) is 104 Å². The molecule has 0 bridgehead atoms. The van der Waals surface area contributed by atoms with Gasteiger partial charge in [-0.2, -0.15) is 0 Å². The molecule has 0 spiro atoms. The van der Waals surface area contributed by atoms with Gasteiger partial charge in [-0.3, -0.25) is 20.0 Å². The van der Waals surface area contributed by atoms with Crippen molar-refractivity contribution in [3.05, 3.63) is 18.6 Å². The smallest absolute Gasteiger partial charge is 0.318 e. The molecule has 20 heavy (non-hydrogen) atoms. The Kier molecular flexibility index (Phi) is 4.83. The fourth-order valence-corrected chi connectivity index (χ4v) is 2.11. The van der Waals surface area contributed by atoms with E-state index in [9.17, 15) is 9.59 Å². The largest absolute Gasteiger partial charge is 0.353 e. The molecule has 1 fully saturated rings. The Morgan fingerprint density at radius 1 is 1.25 bits per heavy atom. The van der Waals surface area contributed by atoms with Crippen LogP contribution in [0.5, 0.6) is 0 Å². The second-order valence-electron chi connectivity index (χ2n) is 4.55. The minimum Gasteiger partial charge on any atom is -0.353 e. The summed E-state index contributed by atoms with van der Waals surface area (Å²) in [5.41, 5.74) is 4.88. The zero-order valence-corrected chi connectivity index (χ0v) is 11.2. The van der Waals surface area contributed by atoms with Gasteiger partial charge in [0, 0.05) is 51.5 Å². The fourth-order valence-electron chi connectivity index (χ4n) is 2.11. The normalized spacial score (nSPS) is 15.9. The Morgan fingerprint density at radius 3 is 2.60 bits per heavy atom. The fraction of sp³-hybridized carbons (Fsp3) is 0.500. The monoisotopic (exact) mass is 278 g/mol. The van der Waals surface area contributed by atoms with E-state index in [1.165, 1.54) is 0 Å². The molecule has 3 N–H and O–H groups in total. The lowest BCUT2D eigenvalue weighted by Crippen LogP contribution is -2.47. The van der Waals surface area contributed by atoms with E-state index in [0.717, 1.165) is 32.0 Å². The molecule has 3 amide bonds. The van der Waals surface area contributed by atoms with Gasteiger partial charge in [0.1, 0.15) is 5.82 Å². The zero-order chi connectivity index (χ0) is 14.4. The van der Waals surface area contributed by atoms with Gasteiger partial charge in [0.2, 0.25) is 5.91 Å². The molecule has 108 valence electrons. The number of urea groups is 1. The molecule has 1 aliphatic heterocycles. The Balaban J connectivity index is 1.72. The van der Waals surface area contributed by atoms with E-state index in [2.05, 4.69) is 25.1 Å². The van der Waals surface area contributed by atoms with E-state index in [0.29, 0.717) is 6.54 Å². The number of piperazine rings is 1. The number of hydrogen-bond donors (Lipinski definition) is 2. The number of nitrogens with one attached hydrogen (secondary N) is 1. The number of nitrogens with two attached hydrogens (primary N) is 1. The first-order valence-corrected chi connectivity index (χ1v) is 6.48. The van der Waals surface area contributed by atoms with Crippen molar-refractivity contribution >= 4 is 17.8 Å². The van der Waals surface area contributed by atoms with Crippen LogP contribution >= 0.6 is 0 Å². The third kappa shape index (κ3) is 4.16. The number of carbonyl (C=O) groups is 2. The van der Waals surface area contributed by atoms with Crippen molar-refractivity contribution in [1.29, 1.82) is 0 Å². The van der Waals surface area contributed by atoms with Crippen LogP contribution in [0, 0.1) is 0 Å². The van der Waals surface area contributed by atoms with Crippen molar-refractivity contribution in [3.8, 4) is 0 Å². The van der Waals surface area contributed by atoms with Crippen LogP contribution < -0.4 is 16.0 Å². The number of imide groups is 1. The minimum atomic E-state index is -0.803. The van der Waals surface area contributed by atoms with E-state index in [4.69, 9.17) is 5.73 Å². The molecule has 0 aromatic carbocycles. The highest BCUT2D eigenvalue weighted by Gasteiger charge is 2.18. The summed E-state index contributed by atoms with van der Waals surface area (Å²) in [5, 5.41) is 2.06. The van der Waals surface area contributed by atoms with Crippen molar-refractivity contribution in [3.63, 3.8) is 0 Å². The van der Waals surface area contributed by atoms with Crippen molar-refractivity contribution in [1.82, 2.24) is 20.2 Å². The molecule has 0 atom stereocenters. The van der Waals surface area contributed by atoms with Gasteiger partial charge in [0.25, 0.3) is 0 Å². The second-order valence-corrected chi connectivity index (χ2v) is 4.55. The van der Waals surface area contributed by atoms with Gasteiger partial charge in [-0.05, 0) is 0 Å². The highest BCUT2D eigenvalue weighted by molar-refractivity contribution is 5.93. The van der Waals surface area contributed by atoms with Crippen molar-refractivity contribution in [2.75, 3.05) is 37.6 Å².